The third kappa shape index (κ3) is 4.55. The highest BCUT2D eigenvalue weighted by Crippen LogP contribution is 2.44. The van der Waals surface area contributed by atoms with Gasteiger partial charge in [-0.3, -0.25) is 14.9 Å². The summed E-state index contributed by atoms with van der Waals surface area (Å²) < 4.78 is 5.44. The molecule has 7 heteroatoms. The summed E-state index contributed by atoms with van der Waals surface area (Å²) in [5.41, 5.74) is 3.43. The fraction of sp³-hybridized carbons (Fsp3) is 0.393. The molecular weight excluding hydrogens is 442 g/mol. The minimum atomic E-state index is -0.768. The van der Waals surface area contributed by atoms with Gasteiger partial charge in [0.05, 0.1) is 12.3 Å². The minimum absolute atomic E-state index is 0.0262. The molecule has 2 aliphatic rings. The van der Waals surface area contributed by atoms with Gasteiger partial charge in [-0.05, 0) is 101 Å². The first-order chi connectivity index (χ1) is 16.5. The second-order valence-electron chi connectivity index (χ2n) is 10.1. The van der Waals surface area contributed by atoms with Gasteiger partial charge in [-0.25, -0.2) is 9.69 Å². The summed E-state index contributed by atoms with van der Waals surface area (Å²) >= 11 is 0. The summed E-state index contributed by atoms with van der Waals surface area (Å²) in [6.45, 7) is 13.5. The van der Waals surface area contributed by atoms with Crippen LogP contribution in [0.1, 0.15) is 65.0 Å². The number of rotatable bonds is 5. The average Bonchev–Trinajstić information content (AvgIpc) is 2.77. The monoisotopic (exact) mass is 475 g/mol. The summed E-state index contributed by atoms with van der Waals surface area (Å²) in [7, 11) is 0. The zero-order valence-electron chi connectivity index (χ0n) is 21.2. The van der Waals surface area contributed by atoms with Crippen LogP contribution in [0.15, 0.2) is 48.0 Å². The van der Waals surface area contributed by atoms with Crippen molar-refractivity contribution >= 4 is 35.3 Å². The van der Waals surface area contributed by atoms with Crippen LogP contribution in [-0.2, 0) is 9.59 Å². The molecule has 2 aliphatic heterocycles. The van der Waals surface area contributed by atoms with Gasteiger partial charge in [-0.15, -0.1) is 0 Å². The Morgan fingerprint density at radius 3 is 2.43 bits per heavy atom. The van der Waals surface area contributed by atoms with E-state index in [4.69, 9.17) is 4.74 Å². The second kappa shape index (κ2) is 9.21. The number of carbonyl (C=O) groups excluding carboxylic acids is 3. The first-order valence-electron chi connectivity index (χ1n) is 12.1. The van der Waals surface area contributed by atoms with Gasteiger partial charge < -0.3 is 9.64 Å². The molecule has 2 aromatic rings. The maximum Gasteiger partial charge on any atom is 0.335 e. The summed E-state index contributed by atoms with van der Waals surface area (Å²) in [6.07, 6.45) is 2.57. The number of barbiturate groups is 1. The minimum Gasteiger partial charge on any atom is -0.494 e. The van der Waals surface area contributed by atoms with Gasteiger partial charge in [0.15, 0.2) is 0 Å². The number of benzene rings is 2. The fourth-order valence-corrected chi connectivity index (χ4v) is 5.45. The van der Waals surface area contributed by atoms with Crippen LogP contribution in [0.4, 0.5) is 16.2 Å². The Bertz CT molecular complexity index is 1200. The number of ether oxygens (including phenoxy) is 1. The highest BCUT2D eigenvalue weighted by Gasteiger charge is 2.39. The quantitative estimate of drug-likeness (QED) is 0.472. The fourth-order valence-electron chi connectivity index (χ4n) is 5.45. The summed E-state index contributed by atoms with van der Waals surface area (Å²) in [5, 5.41) is 2.29. The Morgan fingerprint density at radius 1 is 1.11 bits per heavy atom. The molecule has 0 aromatic heterocycles. The number of amides is 4. The Morgan fingerprint density at radius 2 is 1.80 bits per heavy atom. The molecule has 2 heterocycles. The van der Waals surface area contributed by atoms with Gasteiger partial charge >= 0.3 is 6.03 Å². The molecule has 1 atom stereocenters. The van der Waals surface area contributed by atoms with Gasteiger partial charge in [0.1, 0.15) is 11.3 Å². The molecule has 4 rings (SSSR count). The zero-order chi connectivity index (χ0) is 25.5. The van der Waals surface area contributed by atoms with E-state index in [0.29, 0.717) is 30.0 Å². The number of hydrogen-bond donors (Lipinski definition) is 1. The van der Waals surface area contributed by atoms with Crippen molar-refractivity contribution in [2.75, 3.05) is 16.4 Å². The van der Waals surface area contributed by atoms with Crippen molar-refractivity contribution in [3.63, 3.8) is 0 Å². The van der Waals surface area contributed by atoms with Crippen LogP contribution in [0.3, 0.4) is 0 Å². The lowest BCUT2D eigenvalue weighted by Crippen LogP contribution is -2.54. The van der Waals surface area contributed by atoms with Gasteiger partial charge in [-0.1, -0.05) is 13.0 Å². The van der Waals surface area contributed by atoms with E-state index in [9.17, 15) is 14.4 Å². The van der Waals surface area contributed by atoms with Crippen molar-refractivity contribution in [2.24, 2.45) is 0 Å². The molecule has 0 spiro atoms. The van der Waals surface area contributed by atoms with Crippen LogP contribution in [0.5, 0.6) is 5.75 Å². The molecule has 184 valence electrons. The number of urea groups is 1. The summed E-state index contributed by atoms with van der Waals surface area (Å²) in [6, 6.07) is 12.2. The summed E-state index contributed by atoms with van der Waals surface area (Å²) in [4.78, 5) is 41.9. The Hall–Kier alpha value is -3.61. The van der Waals surface area contributed by atoms with Gasteiger partial charge in [0.25, 0.3) is 11.8 Å². The van der Waals surface area contributed by atoms with E-state index in [1.807, 2.05) is 13.0 Å². The molecule has 2 aromatic carbocycles. The first-order valence-corrected chi connectivity index (χ1v) is 12.1. The Kier molecular flexibility index (Phi) is 6.45. The molecular formula is C28H33N3O4. The largest absolute Gasteiger partial charge is 0.494 e. The molecule has 1 N–H and O–H groups in total. The van der Waals surface area contributed by atoms with Crippen molar-refractivity contribution < 1.29 is 19.1 Å². The SMILES string of the molecule is CCOc1ccc(N2C(=O)NC(=O)/C(=C\c3ccc4c(c3)C(C)CC(C)(C)N4C(C)C)C2=O)cc1. The number of nitrogens with zero attached hydrogens (tertiary/aromatic N) is 2. The van der Waals surface area contributed by atoms with Crippen LogP contribution < -0.4 is 19.9 Å². The molecule has 0 saturated carbocycles. The second-order valence-corrected chi connectivity index (χ2v) is 10.1. The van der Waals surface area contributed by atoms with E-state index in [1.165, 1.54) is 11.3 Å². The smallest absolute Gasteiger partial charge is 0.335 e. The van der Waals surface area contributed by atoms with Crippen LogP contribution in [0, 0.1) is 0 Å². The van der Waals surface area contributed by atoms with E-state index in [0.717, 1.165) is 16.9 Å². The van der Waals surface area contributed by atoms with Crippen molar-refractivity contribution in [3.05, 3.63) is 59.2 Å². The molecule has 1 unspecified atom stereocenters. The van der Waals surface area contributed by atoms with Crippen LogP contribution in [0.2, 0.25) is 0 Å². The molecule has 0 aliphatic carbocycles. The number of hydrogen-bond acceptors (Lipinski definition) is 5. The summed E-state index contributed by atoms with van der Waals surface area (Å²) in [5.74, 6) is -0.391. The number of nitrogens with one attached hydrogen (secondary N) is 1. The Balaban J connectivity index is 1.69. The van der Waals surface area contributed by atoms with E-state index in [-0.39, 0.29) is 11.1 Å². The number of imide groups is 2. The van der Waals surface area contributed by atoms with E-state index >= 15 is 0 Å². The van der Waals surface area contributed by atoms with Crippen LogP contribution in [0.25, 0.3) is 6.08 Å². The number of fused-ring (bicyclic) bond motifs is 1. The molecule has 1 fully saturated rings. The predicted octanol–water partition coefficient (Wildman–Crippen LogP) is 5.25. The van der Waals surface area contributed by atoms with Crippen molar-refractivity contribution in [1.29, 1.82) is 0 Å². The third-order valence-electron chi connectivity index (χ3n) is 6.63. The maximum absolute atomic E-state index is 13.3. The topological polar surface area (TPSA) is 79.0 Å². The normalized spacial score (nSPS) is 20.8. The molecule has 7 nitrogen and oxygen atoms in total. The maximum atomic E-state index is 13.3. The molecule has 0 bridgehead atoms. The van der Waals surface area contributed by atoms with Gasteiger partial charge in [-0.2, -0.15) is 0 Å². The zero-order valence-corrected chi connectivity index (χ0v) is 21.2. The van der Waals surface area contributed by atoms with E-state index in [2.05, 4.69) is 57.0 Å². The van der Waals surface area contributed by atoms with Crippen molar-refractivity contribution in [2.45, 2.75) is 65.5 Å². The lowest BCUT2D eigenvalue weighted by molar-refractivity contribution is -0.122. The lowest BCUT2D eigenvalue weighted by atomic mass is 9.78. The van der Waals surface area contributed by atoms with Crippen LogP contribution >= 0.6 is 0 Å². The molecule has 35 heavy (non-hydrogen) atoms. The third-order valence-corrected chi connectivity index (χ3v) is 6.63. The standard InChI is InChI=1S/C28H33N3O4/c1-7-35-21-11-9-20(10-12-21)30-26(33)23(25(32)29-27(30)34)15-19-8-13-24-22(14-19)18(4)16-28(5,6)31(24)17(2)3/h8-15,17-18H,7,16H2,1-6H3,(H,29,32,34)/b23-15+. The van der Waals surface area contributed by atoms with Gasteiger partial charge in [0, 0.05) is 17.3 Å². The number of anilines is 2. The molecule has 4 amide bonds. The molecule has 0 radical (unpaired) electrons. The van der Waals surface area contributed by atoms with Crippen molar-refractivity contribution in [1.82, 2.24) is 5.32 Å². The Labute approximate surface area is 206 Å². The lowest BCUT2D eigenvalue weighted by Gasteiger charge is -2.50. The first kappa shape index (κ1) is 24.5. The van der Waals surface area contributed by atoms with E-state index in [1.54, 1.807) is 30.3 Å². The highest BCUT2D eigenvalue weighted by atomic mass is 16.5. The van der Waals surface area contributed by atoms with Crippen LogP contribution in [-0.4, -0.2) is 36.0 Å². The average molecular weight is 476 g/mol. The van der Waals surface area contributed by atoms with Gasteiger partial charge in [0.2, 0.25) is 0 Å². The molecule has 1 saturated heterocycles. The highest BCUT2D eigenvalue weighted by molar-refractivity contribution is 6.39. The predicted molar refractivity (Wildman–Crippen MR) is 138 cm³/mol. The van der Waals surface area contributed by atoms with Crippen molar-refractivity contribution in [3.8, 4) is 5.75 Å². The number of carbonyl (C=O) groups is 3. The van der Waals surface area contributed by atoms with E-state index < -0.39 is 17.8 Å².